The van der Waals surface area contributed by atoms with E-state index in [1.807, 2.05) is 25.1 Å². The van der Waals surface area contributed by atoms with Gasteiger partial charge in [-0.3, -0.25) is 4.31 Å². The van der Waals surface area contributed by atoms with Crippen LogP contribution in [-0.4, -0.2) is 22.0 Å². The van der Waals surface area contributed by atoms with Crippen LogP contribution >= 0.6 is 0 Å². The number of para-hydroxylation sites is 1. The van der Waals surface area contributed by atoms with Gasteiger partial charge in [-0.15, -0.1) is 0 Å². The van der Waals surface area contributed by atoms with Crippen LogP contribution in [0, 0.1) is 0 Å². The molecule has 1 N–H and O–H groups in total. The van der Waals surface area contributed by atoms with Gasteiger partial charge in [0.25, 0.3) is 10.0 Å². The van der Waals surface area contributed by atoms with E-state index in [2.05, 4.69) is 5.32 Å². The molecule has 0 amide bonds. The van der Waals surface area contributed by atoms with Crippen molar-refractivity contribution in [3.05, 3.63) is 54.6 Å². The van der Waals surface area contributed by atoms with E-state index in [-0.39, 0.29) is 4.90 Å². The predicted octanol–water partition coefficient (Wildman–Crippen LogP) is 2.94. The first-order valence-corrected chi connectivity index (χ1v) is 7.87. The zero-order valence-electron chi connectivity index (χ0n) is 11.6. The molecule has 0 atom stereocenters. The topological polar surface area (TPSA) is 49.4 Å². The molecular formula is C15H18N2O2S. The maximum atomic E-state index is 12.5. The van der Waals surface area contributed by atoms with Crippen molar-refractivity contribution in [2.75, 3.05) is 23.2 Å². The fourth-order valence-electron chi connectivity index (χ4n) is 1.88. The van der Waals surface area contributed by atoms with Crippen LogP contribution in [0.5, 0.6) is 0 Å². The highest BCUT2D eigenvalue weighted by molar-refractivity contribution is 7.92. The van der Waals surface area contributed by atoms with Crippen molar-refractivity contribution in [3.8, 4) is 0 Å². The molecule has 0 aliphatic rings. The second-order valence-electron chi connectivity index (χ2n) is 4.36. The highest BCUT2D eigenvalue weighted by Crippen LogP contribution is 2.22. The van der Waals surface area contributed by atoms with Gasteiger partial charge in [-0.05, 0) is 43.3 Å². The minimum absolute atomic E-state index is 0.283. The number of nitrogens with one attached hydrogen (secondary N) is 1. The van der Waals surface area contributed by atoms with Gasteiger partial charge >= 0.3 is 0 Å². The van der Waals surface area contributed by atoms with Crippen molar-refractivity contribution in [1.29, 1.82) is 0 Å². The Kier molecular flexibility index (Phi) is 4.29. The van der Waals surface area contributed by atoms with Gasteiger partial charge in [-0.2, -0.15) is 0 Å². The normalized spacial score (nSPS) is 11.1. The van der Waals surface area contributed by atoms with Gasteiger partial charge in [0.1, 0.15) is 0 Å². The fourth-order valence-corrected chi connectivity index (χ4v) is 3.08. The van der Waals surface area contributed by atoms with E-state index < -0.39 is 10.0 Å². The number of anilines is 2. The summed E-state index contributed by atoms with van der Waals surface area (Å²) >= 11 is 0. The number of nitrogens with zero attached hydrogens (tertiary/aromatic N) is 1. The summed E-state index contributed by atoms with van der Waals surface area (Å²) in [5.41, 5.74) is 1.55. The molecule has 5 heteroatoms. The lowest BCUT2D eigenvalue weighted by molar-refractivity contribution is 0.594. The largest absolute Gasteiger partial charge is 0.385 e. The molecule has 20 heavy (non-hydrogen) atoms. The van der Waals surface area contributed by atoms with E-state index in [4.69, 9.17) is 0 Å². The summed E-state index contributed by atoms with van der Waals surface area (Å²) in [7, 11) is -1.96. The summed E-state index contributed by atoms with van der Waals surface area (Å²) < 4.78 is 26.3. The van der Waals surface area contributed by atoms with Gasteiger partial charge in [0.05, 0.1) is 10.6 Å². The number of hydrogen-bond donors (Lipinski definition) is 1. The fraction of sp³-hybridized carbons (Fsp3) is 0.200. The van der Waals surface area contributed by atoms with Crippen molar-refractivity contribution >= 4 is 21.4 Å². The third-order valence-electron chi connectivity index (χ3n) is 3.01. The first kappa shape index (κ1) is 14.4. The van der Waals surface area contributed by atoms with Crippen molar-refractivity contribution < 1.29 is 8.42 Å². The lowest BCUT2D eigenvalue weighted by atomic mass is 10.3. The summed E-state index contributed by atoms with van der Waals surface area (Å²) in [4.78, 5) is 0.283. The van der Waals surface area contributed by atoms with Gasteiger partial charge in [0.2, 0.25) is 0 Å². The molecule has 0 saturated heterocycles. The average molecular weight is 290 g/mol. The van der Waals surface area contributed by atoms with Crippen molar-refractivity contribution in [1.82, 2.24) is 0 Å². The molecule has 0 heterocycles. The third-order valence-corrected chi connectivity index (χ3v) is 4.81. The van der Waals surface area contributed by atoms with Gasteiger partial charge in [-0.25, -0.2) is 8.42 Å². The SMILES string of the molecule is CCNc1ccc(S(=O)(=O)N(C)c2ccccc2)cc1. The standard InChI is InChI=1S/C15H18N2O2S/c1-3-16-13-9-11-15(12-10-13)20(18,19)17(2)14-7-5-4-6-8-14/h4-12,16H,3H2,1-2H3. The molecule has 2 aromatic carbocycles. The third kappa shape index (κ3) is 2.93. The number of sulfonamides is 1. The van der Waals surface area contributed by atoms with Gasteiger partial charge in [-0.1, -0.05) is 18.2 Å². The molecule has 4 nitrogen and oxygen atoms in total. The summed E-state index contributed by atoms with van der Waals surface area (Å²) in [6.07, 6.45) is 0. The first-order valence-electron chi connectivity index (χ1n) is 6.43. The molecule has 0 saturated carbocycles. The summed E-state index contributed by atoms with van der Waals surface area (Å²) in [5, 5.41) is 3.14. The van der Waals surface area contributed by atoms with Crippen LogP contribution in [0.2, 0.25) is 0 Å². The molecule has 0 fully saturated rings. The number of rotatable bonds is 5. The number of benzene rings is 2. The van der Waals surface area contributed by atoms with Crippen LogP contribution in [0.25, 0.3) is 0 Å². The minimum Gasteiger partial charge on any atom is -0.385 e. The van der Waals surface area contributed by atoms with Gasteiger partial charge in [0.15, 0.2) is 0 Å². The highest BCUT2D eigenvalue weighted by Gasteiger charge is 2.20. The quantitative estimate of drug-likeness (QED) is 0.921. The van der Waals surface area contributed by atoms with Gasteiger partial charge < -0.3 is 5.32 Å². The van der Waals surface area contributed by atoms with E-state index in [1.54, 1.807) is 43.4 Å². The molecule has 0 radical (unpaired) electrons. The Labute approximate surface area is 120 Å². The second-order valence-corrected chi connectivity index (χ2v) is 6.33. The molecule has 106 valence electrons. The van der Waals surface area contributed by atoms with Crippen molar-refractivity contribution in [2.24, 2.45) is 0 Å². The molecule has 0 bridgehead atoms. The van der Waals surface area contributed by atoms with E-state index in [0.29, 0.717) is 5.69 Å². The summed E-state index contributed by atoms with van der Waals surface area (Å²) in [6, 6.07) is 15.8. The summed E-state index contributed by atoms with van der Waals surface area (Å²) in [5.74, 6) is 0. The zero-order valence-corrected chi connectivity index (χ0v) is 12.4. The maximum absolute atomic E-state index is 12.5. The van der Waals surface area contributed by atoms with Crippen molar-refractivity contribution in [3.63, 3.8) is 0 Å². The molecule has 0 aliphatic heterocycles. The average Bonchev–Trinajstić information content (AvgIpc) is 2.48. The zero-order chi connectivity index (χ0) is 14.6. The Bertz CT molecular complexity index is 652. The predicted molar refractivity (Wildman–Crippen MR) is 82.6 cm³/mol. The Morgan fingerprint density at radius 1 is 1.00 bits per heavy atom. The van der Waals surface area contributed by atoms with E-state index in [0.717, 1.165) is 12.2 Å². The Morgan fingerprint density at radius 2 is 1.60 bits per heavy atom. The Hall–Kier alpha value is -2.01. The number of hydrogen-bond acceptors (Lipinski definition) is 3. The van der Waals surface area contributed by atoms with Crippen LogP contribution in [0.4, 0.5) is 11.4 Å². The monoisotopic (exact) mass is 290 g/mol. The highest BCUT2D eigenvalue weighted by atomic mass is 32.2. The van der Waals surface area contributed by atoms with Crippen LogP contribution < -0.4 is 9.62 Å². The molecule has 0 aromatic heterocycles. The van der Waals surface area contributed by atoms with Crippen LogP contribution in [0.1, 0.15) is 6.92 Å². The molecule has 2 aromatic rings. The van der Waals surface area contributed by atoms with E-state index in [1.165, 1.54) is 4.31 Å². The summed E-state index contributed by atoms with van der Waals surface area (Å²) in [6.45, 7) is 2.80. The van der Waals surface area contributed by atoms with Crippen LogP contribution in [-0.2, 0) is 10.0 Å². The van der Waals surface area contributed by atoms with Crippen LogP contribution in [0.3, 0.4) is 0 Å². The maximum Gasteiger partial charge on any atom is 0.264 e. The molecule has 0 aliphatic carbocycles. The smallest absolute Gasteiger partial charge is 0.264 e. The van der Waals surface area contributed by atoms with Crippen LogP contribution in [0.15, 0.2) is 59.5 Å². The van der Waals surface area contributed by atoms with E-state index in [9.17, 15) is 8.42 Å². The van der Waals surface area contributed by atoms with Gasteiger partial charge in [0, 0.05) is 19.3 Å². The molecule has 0 unspecified atom stereocenters. The molecular weight excluding hydrogens is 272 g/mol. The van der Waals surface area contributed by atoms with Crippen molar-refractivity contribution in [2.45, 2.75) is 11.8 Å². The lowest BCUT2D eigenvalue weighted by Crippen LogP contribution is -2.26. The molecule has 2 rings (SSSR count). The Morgan fingerprint density at radius 3 is 2.15 bits per heavy atom. The second kappa shape index (κ2) is 5.96. The van der Waals surface area contributed by atoms with E-state index >= 15 is 0 Å². The molecule has 0 spiro atoms. The minimum atomic E-state index is -3.52. The lowest BCUT2D eigenvalue weighted by Gasteiger charge is -2.19. The Balaban J connectivity index is 2.30. The first-order chi connectivity index (χ1) is 9.55.